The summed E-state index contributed by atoms with van der Waals surface area (Å²) in [6.07, 6.45) is 1.64. The smallest absolute Gasteiger partial charge is 0.165 e. The number of nitrogens with one attached hydrogen (secondary N) is 1. The van der Waals surface area contributed by atoms with Crippen LogP contribution in [0, 0.1) is 18.7 Å². The van der Waals surface area contributed by atoms with Crippen LogP contribution in [0.4, 0.5) is 4.39 Å². The Morgan fingerprint density at radius 1 is 1.29 bits per heavy atom. The van der Waals surface area contributed by atoms with Crippen molar-refractivity contribution in [3.05, 3.63) is 53.2 Å². The lowest BCUT2D eigenvalue weighted by molar-refractivity contribution is 0.286. The second-order valence-electron chi connectivity index (χ2n) is 5.62. The number of furan rings is 1. The summed E-state index contributed by atoms with van der Waals surface area (Å²) in [5.41, 5.74) is 1.91. The highest BCUT2D eigenvalue weighted by molar-refractivity contribution is 5.30. The van der Waals surface area contributed by atoms with Gasteiger partial charge in [-0.1, -0.05) is 19.9 Å². The van der Waals surface area contributed by atoms with Gasteiger partial charge >= 0.3 is 0 Å². The van der Waals surface area contributed by atoms with Crippen molar-refractivity contribution >= 4 is 0 Å². The zero-order valence-electron chi connectivity index (χ0n) is 12.8. The summed E-state index contributed by atoms with van der Waals surface area (Å²) in [5, 5.41) is 3.32. The minimum Gasteiger partial charge on any atom is -0.486 e. The fraction of sp³-hybridized carbons (Fsp3) is 0.412. The Labute approximate surface area is 125 Å². The molecular weight excluding hydrogens is 269 g/mol. The fourth-order valence-corrected chi connectivity index (χ4v) is 2.00. The Morgan fingerprint density at radius 2 is 2.10 bits per heavy atom. The third-order valence-electron chi connectivity index (χ3n) is 3.15. The van der Waals surface area contributed by atoms with Crippen molar-refractivity contribution in [2.45, 2.75) is 33.9 Å². The van der Waals surface area contributed by atoms with Crippen molar-refractivity contribution in [2.75, 3.05) is 6.54 Å². The monoisotopic (exact) mass is 291 g/mol. The summed E-state index contributed by atoms with van der Waals surface area (Å²) in [6.45, 7) is 8.09. The molecule has 0 aliphatic rings. The second kappa shape index (κ2) is 7.27. The molecule has 0 saturated heterocycles. The van der Waals surface area contributed by atoms with E-state index < -0.39 is 0 Å². The molecule has 0 unspecified atom stereocenters. The molecule has 0 saturated carbocycles. The minimum atomic E-state index is -0.344. The van der Waals surface area contributed by atoms with Crippen LogP contribution in [0.5, 0.6) is 5.75 Å². The van der Waals surface area contributed by atoms with Crippen LogP contribution in [0.1, 0.15) is 30.7 Å². The zero-order chi connectivity index (χ0) is 15.2. The molecule has 0 fully saturated rings. The Hall–Kier alpha value is -1.81. The SMILES string of the molecule is Cc1ccc(F)c(OCc2ccoc2CNCC(C)C)c1. The molecule has 0 atom stereocenters. The van der Waals surface area contributed by atoms with E-state index in [2.05, 4.69) is 19.2 Å². The first kappa shape index (κ1) is 15.6. The molecule has 21 heavy (non-hydrogen) atoms. The highest BCUT2D eigenvalue weighted by atomic mass is 19.1. The predicted molar refractivity (Wildman–Crippen MR) is 80.7 cm³/mol. The van der Waals surface area contributed by atoms with Gasteiger partial charge in [0, 0.05) is 5.56 Å². The fourth-order valence-electron chi connectivity index (χ4n) is 2.00. The van der Waals surface area contributed by atoms with Crippen LogP contribution in [-0.4, -0.2) is 6.54 Å². The van der Waals surface area contributed by atoms with E-state index in [-0.39, 0.29) is 11.6 Å². The Morgan fingerprint density at radius 3 is 2.86 bits per heavy atom. The minimum absolute atomic E-state index is 0.275. The van der Waals surface area contributed by atoms with Crippen molar-refractivity contribution in [1.29, 1.82) is 0 Å². The van der Waals surface area contributed by atoms with E-state index in [1.807, 2.05) is 13.0 Å². The summed E-state index contributed by atoms with van der Waals surface area (Å²) in [4.78, 5) is 0. The molecule has 114 valence electrons. The molecule has 1 aromatic carbocycles. The lowest BCUT2D eigenvalue weighted by Gasteiger charge is -2.09. The Balaban J connectivity index is 1.94. The van der Waals surface area contributed by atoms with Crippen LogP contribution in [-0.2, 0) is 13.2 Å². The lowest BCUT2D eigenvalue weighted by atomic mass is 10.2. The van der Waals surface area contributed by atoms with Crippen LogP contribution in [0.15, 0.2) is 34.9 Å². The lowest BCUT2D eigenvalue weighted by Crippen LogP contribution is -2.19. The summed E-state index contributed by atoms with van der Waals surface area (Å²) < 4.78 is 24.6. The number of hydrogen-bond acceptors (Lipinski definition) is 3. The molecule has 0 aliphatic carbocycles. The average Bonchev–Trinajstić information content (AvgIpc) is 2.87. The Bertz CT molecular complexity index is 578. The van der Waals surface area contributed by atoms with Crippen LogP contribution in [0.25, 0.3) is 0 Å². The van der Waals surface area contributed by atoms with E-state index in [1.54, 1.807) is 18.4 Å². The van der Waals surface area contributed by atoms with Gasteiger partial charge in [0.25, 0.3) is 0 Å². The van der Waals surface area contributed by atoms with Gasteiger partial charge < -0.3 is 14.5 Å². The van der Waals surface area contributed by atoms with Crippen LogP contribution in [0.2, 0.25) is 0 Å². The van der Waals surface area contributed by atoms with Gasteiger partial charge in [-0.05, 0) is 43.1 Å². The van der Waals surface area contributed by atoms with Gasteiger partial charge in [-0.3, -0.25) is 0 Å². The highest BCUT2D eigenvalue weighted by Gasteiger charge is 2.09. The standard InChI is InChI=1S/C17H22FNO2/c1-12(2)9-19-10-17-14(6-7-20-17)11-21-16-8-13(3)4-5-15(16)18/h4-8,12,19H,9-11H2,1-3H3. The molecule has 0 bridgehead atoms. The molecule has 0 spiro atoms. The van der Waals surface area contributed by atoms with Gasteiger partial charge in [-0.2, -0.15) is 0 Å². The molecule has 0 radical (unpaired) electrons. The van der Waals surface area contributed by atoms with E-state index in [0.29, 0.717) is 19.1 Å². The molecule has 4 heteroatoms. The number of halogens is 1. The number of ether oxygens (including phenoxy) is 1. The summed E-state index contributed by atoms with van der Waals surface area (Å²) in [6, 6.07) is 6.71. The molecule has 3 nitrogen and oxygen atoms in total. The third kappa shape index (κ3) is 4.60. The topological polar surface area (TPSA) is 34.4 Å². The molecule has 0 aliphatic heterocycles. The maximum absolute atomic E-state index is 13.6. The zero-order valence-corrected chi connectivity index (χ0v) is 12.8. The summed E-state index contributed by atoms with van der Waals surface area (Å²) in [5.74, 6) is 1.35. The van der Waals surface area contributed by atoms with E-state index in [4.69, 9.17) is 9.15 Å². The van der Waals surface area contributed by atoms with Gasteiger partial charge in [0.1, 0.15) is 12.4 Å². The van der Waals surface area contributed by atoms with E-state index >= 15 is 0 Å². The number of rotatable bonds is 7. The first-order chi connectivity index (χ1) is 10.1. The Kier molecular flexibility index (Phi) is 5.39. The van der Waals surface area contributed by atoms with E-state index in [9.17, 15) is 4.39 Å². The van der Waals surface area contributed by atoms with Gasteiger partial charge in [0.05, 0.1) is 12.8 Å². The summed E-state index contributed by atoms with van der Waals surface area (Å²) in [7, 11) is 0. The predicted octanol–water partition coefficient (Wildman–Crippen LogP) is 4.05. The van der Waals surface area contributed by atoms with Gasteiger partial charge in [-0.15, -0.1) is 0 Å². The van der Waals surface area contributed by atoms with Crippen LogP contribution >= 0.6 is 0 Å². The van der Waals surface area contributed by atoms with Crippen LogP contribution < -0.4 is 10.1 Å². The first-order valence-electron chi connectivity index (χ1n) is 7.21. The normalized spacial score (nSPS) is 11.1. The molecule has 1 aromatic heterocycles. The maximum atomic E-state index is 13.6. The van der Waals surface area contributed by atoms with Crippen molar-refractivity contribution in [2.24, 2.45) is 5.92 Å². The van der Waals surface area contributed by atoms with Crippen molar-refractivity contribution in [3.63, 3.8) is 0 Å². The van der Waals surface area contributed by atoms with Crippen molar-refractivity contribution in [3.8, 4) is 5.75 Å². The van der Waals surface area contributed by atoms with Gasteiger partial charge in [0.2, 0.25) is 0 Å². The van der Waals surface area contributed by atoms with E-state index in [0.717, 1.165) is 23.4 Å². The summed E-state index contributed by atoms with van der Waals surface area (Å²) >= 11 is 0. The van der Waals surface area contributed by atoms with Gasteiger partial charge in [0.15, 0.2) is 11.6 Å². The largest absolute Gasteiger partial charge is 0.486 e. The number of aryl methyl sites for hydroxylation is 1. The molecule has 2 aromatic rings. The molecule has 2 rings (SSSR count). The van der Waals surface area contributed by atoms with Gasteiger partial charge in [-0.25, -0.2) is 4.39 Å². The molecule has 0 amide bonds. The number of hydrogen-bond donors (Lipinski definition) is 1. The van der Waals surface area contributed by atoms with Crippen molar-refractivity contribution in [1.82, 2.24) is 5.32 Å². The molecule has 1 N–H and O–H groups in total. The molecular formula is C17H22FNO2. The number of benzene rings is 1. The molecule has 1 heterocycles. The third-order valence-corrected chi connectivity index (χ3v) is 3.15. The van der Waals surface area contributed by atoms with Crippen molar-refractivity contribution < 1.29 is 13.5 Å². The highest BCUT2D eigenvalue weighted by Crippen LogP contribution is 2.21. The quantitative estimate of drug-likeness (QED) is 0.835. The van der Waals surface area contributed by atoms with Crippen LogP contribution in [0.3, 0.4) is 0 Å². The van der Waals surface area contributed by atoms with E-state index in [1.165, 1.54) is 6.07 Å². The average molecular weight is 291 g/mol. The maximum Gasteiger partial charge on any atom is 0.165 e. The second-order valence-corrected chi connectivity index (χ2v) is 5.62. The first-order valence-corrected chi connectivity index (χ1v) is 7.21.